The summed E-state index contributed by atoms with van der Waals surface area (Å²) in [5.41, 5.74) is 1.86. The molecule has 0 saturated heterocycles. The molecule has 7 heteroatoms. The van der Waals surface area contributed by atoms with Crippen LogP contribution in [0.4, 0.5) is 4.39 Å². The van der Waals surface area contributed by atoms with Crippen molar-refractivity contribution >= 4 is 5.96 Å². The Morgan fingerprint density at radius 3 is 2.47 bits per heavy atom. The number of nitrogens with one attached hydrogen (secondary N) is 2. The van der Waals surface area contributed by atoms with Crippen LogP contribution in [0.2, 0.25) is 0 Å². The molecule has 0 bridgehead atoms. The molecule has 0 aliphatic heterocycles. The van der Waals surface area contributed by atoms with Gasteiger partial charge in [0.25, 0.3) is 0 Å². The van der Waals surface area contributed by atoms with Crippen LogP contribution in [0.25, 0.3) is 0 Å². The lowest BCUT2D eigenvalue weighted by Crippen LogP contribution is -2.38. The van der Waals surface area contributed by atoms with Crippen LogP contribution < -0.4 is 20.1 Å². The predicted octanol–water partition coefficient (Wildman–Crippen LogP) is 3.79. The van der Waals surface area contributed by atoms with Gasteiger partial charge in [-0.05, 0) is 57.0 Å². The first-order valence-corrected chi connectivity index (χ1v) is 10.2. The molecule has 2 aromatic carbocycles. The molecule has 0 heterocycles. The van der Waals surface area contributed by atoms with E-state index in [1.54, 1.807) is 12.1 Å². The average Bonchev–Trinajstić information content (AvgIpc) is 2.74. The second-order valence-corrected chi connectivity index (χ2v) is 6.44. The van der Waals surface area contributed by atoms with Gasteiger partial charge in [0.2, 0.25) is 0 Å². The summed E-state index contributed by atoms with van der Waals surface area (Å²) in [4.78, 5) is 4.44. The third kappa shape index (κ3) is 6.96. The van der Waals surface area contributed by atoms with Gasteiger partial charge in [-0.1, -0.05) is 12.1 Å². The van der Waals surface area contributed by atoms with Gasteiger partial charge in [-0.15, -0.1) is 0 Å². The van der Waals surface area contributed by atoms with Gasteiger partial charge in [0.05, 0.1) is 31.4 Å². The fourth-order valence-electron chi connectivity index (χ4n) is 2.83. The molecule has 2 N–H and O–H groups in total. The van der Waals surface area contributed by atoms with Crippen molar-refractivity contribution in [1.82, 2.24) is 10.6 Å². The Hall–Kier alpha value is -3.27. The van der Waals surface area contributed by atoms with E-state index in [-0.39, 0.29) is 6.54 Å². The Bertz CT molecular complexity index is 893. The molecule has 0 aromatic heterocycles. The third-order valence-electron chi connectivity index (χ3n) is 4.25. The van der Waals surface area contributed by atoms with E-state index >= 15 is 0 Å². The normalized spacial score (nSPS) is 11.0. The van der Waals surface area contributed by atoms with Crippen molar-refractivity contribution < 1.29 is 13.9 Å². The van der Waals surface area contributed by atoms with Crippen LogP contribution in [0.5, 0.6) is 11.5 Å². The second-order valence-electron chi connectivity index (χ2n) is 6.44. The summed E-state index contributed by atoms with van der Waals surface area (Å²) in [6, 6.07) is 12.3. The second kappa shape index (κ2) is 12.3. The molecule has 0 amide bonds. The molecule has 2 rings (SSSR count). The zero-order valence-corrected chi connectivity index (χ0v) is 17.8. The highest BCUT2D eigenvalue weighted by atomic mass is 19.1. The first-order valence-electron chi connectivity index (χ1n) is 10.2. The number of hydrogen-bond acceptors (Lipinski definition) is 4. The van der Waals surface area contributed by atoms with Gasteiger partial charge in [-0.3, -0.25) is 0 Å². The number of nitriles is 1. The molecular weight excluding hydrogens is 383 g/mol. The van der Waals surface area contributed by atoms with Crippen molar-refractivity contribution in [2.45, 2.75) is 33.7 Å². The number of guanidine groups is 1. The van der Waals surface area contributed by atoms with Crippen LogP contribution in [0.1, 0.15) is 37.5 Å². The van der Waals surface area contributed by atoms with Crippen molar-refractivity contribution in [2.75, 3.05) is 26.3 Å². The minimum absolute atomic E-state index is 0.185. The zero-order valence-electron chi connectivity index (χ0n) is 17.8. The van der Waals surface area contributed by atoms with Crippen molar-refractivity contribution in [3.63, 3.8) is 0 Å². The number of halogens is 1. The van der Waals surface area contributed by atoms with Crippen molar-refractivity contribution in [2.24, 2.45) is 4.99 Å². The lowest BCUT2D eigenvalue weighted by atomic mass is 10.1. The minimum atomic E-state index is -0.425. The first kappa shape index (κ1) is 23.0. The number of aliphatic imine (C=N–C) groups is 1. The molecule has 0 radical (unpaired) electrons. The molecule has 0 aliphatic rings. The van der Waals surface area contributed by atoms with Gasteiger partial charge < -0.3 is 20.1 Å². The van der Waals surface area contributed by atoms with Crippen LogP contribution in [-0.4, -0.2) is 32.3 Å². The molecule has 0 unspecified atom stereocenters. The zero-order chi connectivity index (χ0) is 21.8. The van der Waals surface area contributed by atoms with Crippen LogP contribution in [0, 0.1) is 17.1 Å². The van der Waals surface area contributed by atoms with Crippen LogP contribution >= 0.6 is 0 Å². The Labute approximate surface area is 177 Å². The predicted molar refractivity (Wildman–Crippen MR) is 116 cm³/mol. The largest absolute Gasteiger partial charge is 0.490 e. The summed E-state index contributed by atoms with van der Waals surface area (Å²) >= 11 is 0. The summed E-state index contributed by atoms with van der Waals surface area (Å²) < 4.78 is 25.3. The monoisotopic (exact) mass is 412 g/mol. The molecule has 160 valence electrons. The Balaban J connectivity index is 1.98. The van der Waals surface area contributed by atoms with Gasteiger partial charge in [0, 0.05) is 18.7 Å². The summed E-state index contributed by atoms with van der Waals surface area (Å²) in [6.45, 7) is 8.55. The molecule has 2 aromatic rings. The minimum Gasteiger partial charge on any atom is -0.490 e. The van der Waals surface area contributed by atoms with Gasteiger partial charge >= 0.3 is 0 Å². The van der Waals surface area contributed by atoms with E-state index in [2.05, 4.69) is 15.6 Å². The molecule has 0 saturated carbocycles. The van der Waals surface area contributed by atoms with Crippen LogP contribution in [0.15, 0.2) is 41.4 Å². The summed E-state index contributed by atoms with van der Waals surface area (Å²) in [7, 11) is 0. The van der Waals surface area contributed by atoms with Crippen molar-refractivity contribution in [3.05, 3.63) is 58.9 Å². The van der Waals surface area contributed by atoms with Crippen LogP contribution in [0.3, 0.4) is 0 Å². The van der Waals surface area contributed by atoms with E-state index in [0.29, 0.717) is 43.4 Å². The number of rotatable bonds is 10. The van der Waals surface area contributed by atoms with Gasteiger partial charge in [0.1, 0.15) is 5.82 Å². The lowest BCUT2D eigenvalue weighted by Gasteiger charge is -2.14. The third-order valence-corrected chi connectivity index (χ3v) is 4.25. The number of benzene rings is 2. The fourth-order valence-corrected chi connectivity index (χ4v) is 2.83. The highest BCUT2D eigenvalue weighted by Crippen LogP contribution is 2.28. The van der Waals surface area contributed by atoms with Gasteiger partial charge in [-0.25, -0.2) is 9.38 Å². The fraction of sp³-hybridized carbons (Fsp3) is 0.391. The smallest absolute Gasteiger partial charge is 0.191 e. The Morgan fingerprint density at radius 1 is 1.03 bits per heavy atom. The maximum atomic E-state index is 14.1. The summed E-state index contributed by atoms with van der Waals surface area (Å²) in [5.74, 6) is 1.67. The lowest BCUT2D eigenvalue weighted by molar-refractivity contribution is 0.287. The van der Waals surface area contributed by atoms with E-state index in [0.717, 1.165) is 23.5 Å². The molecule has 0 fully saturated rings. The van der Waals surface area contributed by atoms with Gasteiger partial charge in [0.15, 0.2) is 17.5 Å². The summed E-state index contributed by atoms with van der Waals surface area (Å²) in [6.07, 6.45) is 0.766. The molecule has 0 atom stereocenters. The summed E-state index contributed by atoms with van der Waals surface area (Å²) in [5, 5.41) is 15.3. The SMILES string of the molecule is CCNC(=NCc1ccc(C#N)cc1F)NCCc1ccc(OCC)c(OCC)c1. The molecule has 0 spiro atoms. The Morgan fingerprint density at radius 2 is 1.80 bits per heavy atom. The quantitative estimate of drug-likeness (QED) is 0.459. The Kier molecular flexibility index (Phi) is 9.46. The van der Waals surface area contributed by atoms with E-state index in [1.807, 2.05) is 45.0 Å². The molecule has 30 heavy (non-hydrogen) atoms. The van der Waals surface area contributed by atoms with Crippen molar-refractivity contribution in [3.8, 4) is 17.6 Å². The van der Waals surface area contributed by atoms with E-state index in [1.165, 1.54) is 6.07 Å². The number of ether oxygens (including phenoxy) is 2. The molecular formula is C23H29FN4O2. The van der Waals surface area contributed by atoms with Crippen LogP contribution in [-0.2, 0) is 13.0 Å². The maximum Gasteiger partial charge on any atom is 0.191 e. The number of nitrogens with zero attached hydrogens (tertiary/aromatic N) is 2. The van der Waals surface area contributed by atoms with E-state index in [9.17, 15) is 4.39 Å². The van der Waals surface area contributed by atoms with Gasteiger partial charge in [-0.2, -0.15) is 5.26 Å². The average molecular weight is 413 g/mol. The topological polar surface area (TPSA) is 78.7 Å². The number of hydrogen-bond donors (Lipinski definition) is 2. The van der Waals surface area contributed by atoms with E-state index < -0.39 is 5.82 Å². The highest BCUT2D eigenvalue weighted by Gasteiger charge is 2.07. The molecule has 0 aliphatic carbocycles. The highest BCUT2D eigenvalue weighted by molar-refractivity contribution is 5.79. The molecule has 6 nitrogen and oxygen atoms in total. The standard InChI is InChI=1S/C23H29FN4O2/c1-4-26-23(28-16-19-9-7-18(15-25)13-20(19)24)27-12-11-17-8-10-21(29-5-2)22(14-17)30-6-3/h7-10,13-14H,4-6,11-12,16H2,1-3H3,(H2,26,27,28). The maximum absolute atomic E-state index is 14.1. The first-order chi connectivity index (χ1) is 14.6. The van der Waals surface area contributed by atoms with Crippen molar-refractivity contribution in [1.29, 1.82) is 5.26 Å². The van der Waals surface area contributed by atoms with E-state index in [4.69, 9.17) is 14.7 Å².